The van der Waals surface area contributed by atoms with E-state index in [1.165, 1.54) is 0 Å². The number of hydrogen-bond acceptors (Lipinski definition) is 5. The van der Waals surface area contributed by atoms with Crippen molar-refractivity contribution in [1.82, 2.24) is 20.1 Å². The van der Waals surface area contributed by atoms with Crippen LogP contribution in [0.2, 0.25) is 0 Å². The van der Waals surface area contributed by atoms with Crippen LogP contribution >= 0.6 is 0 Å². The van der Waals surface area contributed by atoms with Gasteiger partial charge in [0.25, 0.3) is 0 Å². The summed E-state index contributed by atoms with van der Waals surface area (Å²) in [4.78, 5) is 19.1. The van der Waals surface area contributed by atoms with Gasteiger partial charge in [-0.2, -0.15) is 5.10 Å². The molecule has 152 valence electrons. The third-order valence-corrected chi connectivity index (χ3v) is 5.30. The number of aryl methyl sites for hydroxylation is 2. The molecule has 0 spiro atoms. The zero-order chi connectivity index (χ0) is 20.3. The number of pyridine rings is 1. The summed E-state index contributed by atoms with van der Waals surface area (Å²) < 4.78 is 7.64. The Morgan fingerprint density at radius 3 is 2.54 bits per heavy atom. The Hall–Kier alpha value is -2.41. The van der Waals surface area contributed by atoms with Crippen LogP contribution in [0.15, 0.2) is 18.3 Å². The fourth-order valence-electron chi connectivity index (χ4n) is 3.78. The van der Waals surface area contributed by atoms with Gasteiger partial charge in [0.05, 0.1) is 17.9 Å². The van der Waals surface area contributed by atoms with Gasteiger partial charge in [0.15, 0.2) is 0 Å². The largest absolute Gasteiger partial charge is 0.372 e. The number of carbonyl (C=O) groups excluding carboxylic acids is 1. The van der Waals surface area contributed by atoms with Crippen LogP contribution in [0.3, 0.4) is 0 Å². The summed E-state index contributed by atoms with van der Waals surface area (Å²) in [7, 11) is 1.93. The standard InChI is InChI=1S/C21H31N5O2/c1-14-12-26(13-15(2)28-14)20-8-6-18(10-22-20)11-23-21(27)9-7-19-16(3)24-25(5)17(19)4/h6,8,10,14-15H,7,9,11-13H2,1-5H3,(H,23,27). The average molecular weight is 386 g/mol. The molecule has 1 saturated heterocycles. The lowest BCUT2D eigenvalue weighted by atomic mass is 10.1. The van der Waals surface area contributed by atoms with Gasteiger partial charge in [0, 0.05) is 45.0 Å². The van der Waals surface area contributed by atoms with Gasteiger partial charge in [-0.05, 0) is 51.3 Å². The SMILES string of the molecule is Cc1nn(C)c(C)c1CCC(=O)NCc1ccc(N2CC(C)OC(C)C2)nc1. The van der Waals surface area contributed by atoms with E-state index in [4.69, 9.17) is 4.74 Å². The maximum Gasteiger partial charge on any atom is 0.220 e. The van der Waals surface area contributed by atoms with Crippen LogP contribution in [-0.2, 0) is 29.5 Å². The molecule has 0 aromatic carbocycles. The lowest BCUT2D eigenvalue weighted by Crippen LogP contribution is -2.45. The number of hydrogen-bond donors (Lipinski definition) is 1. The van der Waals surface area contributed by atoms with Crippen molar-refractivity contribution in [2.75, 3.05) is 18.0 Å². The summed E-state index contributed by atoms with van der Waals surface area (Å²) in [6, 6.07) is 4.05. The fourth-order valence-corrected chi connectivity index (χ4v) is 3.78. The van der Waals surface area contributed by atoms with E-state index in [-0.39, 0.29) is 18.1 Å². The number of aromatic nitrogens is 3. The van der Waals surface area contributed by atoms with Crippen LogP contribution in [-0.4, -0.2) is 46.0 Å². The Balaban J connectivity index is 1.48. The molecule has 1 amide bonds. The Kier molecular flexibility index (Phi) is 6.34. The second-order valence-electron chi connectivity index (χ2n) is 7.74. The molecule has 7 nitrogen and oxygen atoms in total. The van der Waals surface area contributed by atoms with Crippen molar-refractivity contribution < 1.29 is 9.53 Å². The first-order valence-corrected chi connectivity index (χ1v) is 9.94. The van der Waals surface area contributed by atoms with Crippen molar-refractivity contribution in [3.8, 4) is 0 Å². The minimum absolute atomic E-state index is 0.0440. The predicted octanol–water partition coefficient (Wildman–Crippen LogP) is 2.29. The van der Waals surface area contributed by atoms with Crippen LogP contribution in [0, 0.1) is 13.8 Å². The van der Waals surface area contributed by atoms with Gasteiger partial charge >= 0.3 is 0 Å². The lowest BCUT2D eigenvalue weighted by Gasteiger charge is -2.36. The van der Waals surface area contributed by atoms with Gasteiger partial charge in [0.2, 0.25) is 5.91 Å². The number of rotatable bonds is 6. The molecule has 1 aliphatic heterocycles. The normalized spacial score (nSPS) is 19.7. The summed E-state index contributed by atoms with van der Waals surface area (Å²) in [6.07, 6.45) is 3.42. The molecule has 1 aliphatic rings. The second-order valence-corrected chi connectivity index (χ2v) is 7.74. The summed E-state index contributed by atoms with van der Waals surface area (Å²) in [6.45, 7) is 10.4. The number of carbonyl (C=O) groups is 1. The van der Waals surface area contributed by atoms with Crippen molar-refractivity contribution in [2.45, 2.75) is 59.3 Å². The molecular weight excluding hydrogens is 354 g/mol. The summed E-state index contributed by atoms with van der Waals surface area (Å²) in [5.74, 6) is 1.00. The first-order chi connectivity index (χ1) is 13.3. The number of amides is 1. The van der Waals surface area contributed by atoms with Crippen molar-refractivity contribution >= 4 is 11.7 Å². The smallest absolute Gasteiger partial charge is 0.220 e. The van der Waals surface area contributed by atoms with Crippen molar-refractivity contribution in [3.05, 3.63) is 40.8 Å². The highest BCUT2D eigenvalue weighted by molar-refractivity contribution is 5.76. The first-order valence-electron chi connectivity index (χ1n) is 9.94. The summed E-state index contributed by atoms with van der Waals surface area (Å²) >= 11 is 0. The van der Waals surface area contributed by atoms with E-state index in [0.717, 1.165) is 41.4 Å². The Morgan fingerprint density at radius 1 is 1.25 bits per heavy atom. The van der Waals surface area contributed by atoms with E-state index < -0.39 is 0 Å². The molecular formula is C21H31N5O2. The minimum Gasteiger partial charge on any atom is -0.372 e. The first kappa shape index (κ1) is 20.3. The molecule has 2 aromatic heterocycles. The zero-order valence-corrected chi connectivity index (χ0v) is 17.5. The highest BCUT2D eigenvalue weighted by atomic mass is 16.5. The molecule has 0 bridgehead atoms. The Morgan fingerprint density at radius 2 is 1.96 bits per heavy atom. The van der Waals surface area contributed by atoms with Crippen LogP contribution in [0.1, 0.15) is 42.8 Å². The van der Waals surface area contributed by atoms with Gasteiger partial charge in [-0.25, -0.2) is 4.98 Å². The van der Waals surface area contributed by atoms with Crippen LogP contribution in [0.5, 0.6) is 0 Å². The molecule has 2 unspecified atom stereocenters. The maximum atomic E-state index is 12.2. The third kappa shape index (κ3) is 4.90. The minimum atomic E-state index is 0.0440. The number of ether oxygens (including phenoxy) is 1. The van der Waals surface area contributed by atoms with Crippen molar-refractivity contribution in [1.29, 1.82) is 0 Å². The topological polar surface area (TPSA) is 72.3 Å². The van der Waals surface area contributed by atoms with Crippen molar-refractivity contribution in [2.24, 2.45) is 7.05 Å². The third-order valence-electron chi connectivity index (χ3n) is 5.30. The highest BCUT2D eigenvalue weighted by Gasteiger charge is 2.23. The number of morpholine rings is 1. The number of nitrogens with one attached hydrogen (secondary N) is 1. The second kappa shape index (κ2) is 8.73. The quantitative estimate of drug-likeness (QED) is 0.826. The fraction of sp³-hybridized carbons (Fsp3) is 0.571. The monoisotopic (exact) mass is 385 g/mol. The Bertz CT molecular complexity index is 805. The van der Waals surface area contributed by atoms with Gasteiger partial charge in [-0.1, -0.05) is 6.07 Å². The van der Waals surface area contributed by atoms with E-state index in [1.54, 1.807) is 0 Å². The predicted molar refractivity (Wildman–Crippen MR) is 109 cm³/mol. The lowest BCUT2D eigenvalue weighted by molar-refractivity contribution is -0.121. The molecule has 3 heterocycles. The Labute approximate surface area is 167 Å². The molecule has 0 saturated carbocycles. The average Bonchev–Trinajstić information content (AvgIpc) is 2.89. The molecule has 1 fully saturated rings. The molecule has 3 rings (SSSR count). The molecule has 28 heavy (non-hydrogen) atoms. The van der Waals surface area contributed by atoms with Crippen LogP contribution < -0.4 is 10.2 Å². The molecule has 2 atom stereocenters. The number of nitrogens with zero attached hydrogens (tertiary/aromatic N) is 4. The number of anilines is 1. The zero-order valence-electron chi connectivity index (χ0n) is 17.5. The summed E-state index contributed by atoms with van der Waals surface area (Å²) in [5.41, 5.74) is 4.29. The van der Waals surface area contributed by atoms with Gasteiger partial charge in [-0.15, -0.1) is 0 Å². The van der Waals surface area contributed by atoms with Crippen molar-refractivity contribution in [3.63, 3.8) is 0 Å². The van der Waals surface area contributed by atoms with E-state index >= 15 is 0 Å². The summed E-state index contributed by atoms with van der Waals surface area (Å²) in [5, 5.41) is 7.39. The maximum absolute atomic E-state index is 12.2. The molecule has 0 radical (unpaired) electrons. The molecule has 1 N–H and O–H groups in total. The van der Waals surface area contributed by atoms with Gasteiger partial charge < -0.3 is 15.0 Å². The van der Waals surface area contributed by atoms with Gasteiger partial charge in [-0.3, -0.25) is 9.48 Å². The molecule has 2 aromatic rings. The molecule has 0 aliphatic carbocycles. The van der Waals surface area contributed by atoms with Gasteiger partial charge in [0.1, 0.15) is 5.82 Å². The molecule has 7 heteroatoms. The van der Waals surface area contributed by atoms with E-state index in [9.17, 15) is 4.79 Å². The highest BCUT2D eigenvalue weighted by Crippen LogP contribution is 2.18. The van der Waals surface area contributed by atoms with Crippen LogP contribution in [0.4, 0.5) is 5.82 Å². The van der Waals surface area contributed by atoms with Crippen LogP contribution in [0.25, 0.3) is 0 Å². The van der Waals surface area contributed by atoms with E-state index in [0.29, 0.717) is 19.4 Å². The van der Waals surface area contributed by atoms with E-state index in [2.05, 4.69) is 34.1 Å². The van der Waals surface area contributed by atoms with E-state index in [1.807, 2.05) is 43.9 Å².